The van der Waals surface area contributed by atoms with E-state index in [9.17, 15) is 13.2 Å². The Morgan fingerprint density at radius 1 is 1.35 bits per heavy atom. The van der Waals surface area contributed by atoms with E-state index < -0.39 is 12.0 Å². The number of fused-ring (bicyclic) bond motifs is 1. The van der Waals surface area contributed by atoms with Gasteiger partial charge in [0.1, 0.15) is 5.52 Å². The number of aryl methyl sites for hydroxylation is 1. The van der Waals surface area contributed by atoms with Crippen LogP contribution in [0, 0.1) is 0 Å². The first kappa shape index (κ1) is 11.8. The van der Waals surface area contributed by atoms with Crippen molar-refractivity contribution in [3.8, 4) is 0 Å². The van der Waals surface area contributed by atoms with Gasteiger partial charge in [0.05, 0.1) is 11.2 Å². The van der Waals surface area contributed by atoms with Gasteiger partial charge in [0, 0.05) is 6.54 Å². The maximum absolute atomic E-state index is 12.8. The minimum atomic E-state index is -4.46. The molecule has 2 N–H and O–H groups in total. The third-order valence-corrected chi connectivity index (χ3v) is 2.51. The number of halogens is 3. The van der Waals surface area contributed by atoms with Crippen LogP contribution in [0.15, 0.2) is 18.2 Å². The number of hydrogen-bond donors (Lipinski definition) is 1. The number of aromatic nitrogens is 2. The van der Waals surface area contributed by atoms with Gasteiger partial charge in [0.25, 0.3) is 0 Å². The largest absolute Gasteiger partial charge is 0.449 e. The van der Waals surface area contributed by atoms with Crippen molar-refractivity contribution in [3.05, 3.63) is 24.0 Å². The fraction of sp³-hybridized carbons (Fsp3) is 0.364. The second kappa shape index (κ2) is 3.94. The van der Waals surface area contributed by atoms with Gasteiger partial charge >= 0.3 is 6.18 Å². The van der Waals surface area contributed by atoms with Crippen LogP contribution in [0.5, 0.6) is 0 Å². The molecule has 2 rings (SSSR count). The molecule has 0 bridgehead atoms. The molecule has 0 amide bonds. The lowest BCUT2D eigenvalue weighted by Crippen LogP contribution is -2.14. The van der Waals surface area contributed by atoms with Crippen molar-refractivity contribution >= 4 is 16.7 Å². The summed E-state index contributed by atoms with van der Waals surface area (Å²) in [5, 5.41) is 0. The van der Waals surface area contributed by atoms with Crippen LogP contribution in [0.1, 0.15) is 19.2 Å². The Morgan fingerprint density at radius 3 is 2.65 bits per heavy atom. The number of rotatable bonds is 2. The van der Waals surface area contributed by atoms with Crippen molar-refractivity contribution < 1.29 is 13.2 Å². The summed E-state index contributed by atoms with van der Waals surface area (Å²) in [5.41, 5.74) is 6.55. The van der Waals surface area contributed by atoms with Crippen LogP contribution in [-0.2, 0) is 12.7 Å². The van der Waals surface area contributed by atoms with E-state index in [1.807, 2.05) is 6.92 Å². The highest BCUT2D eigenvalue weighted by molar-refractivity contribution is 5.87. The average Bonchev–Trinajstić information content (AvgIpc) is 2.59. The van der Waals surface area contributed by atoms with Crippen LogP contribution >= 0.6 is 0 Å². The fourth-order valence-electron chi connectivity index (χ4n) is 1.84. The highest BCUT2D eigenvalue weighted by Crippen LogP contribution is 2.33. The number of imidazole rings is 1. The average molecular weight is 243 g/mol. The van der Waals surface area contributed by atoms with E-state index in [2.05, 4.69) is 4.98 Å². The highest BCUT2D eigenvalue weighted by Gasteiger charge is 2.37. The molecule has 0 saturated heterocycles. The Morgan fingerprint density at radius 2 is 2.06 bits per heavy atom. The van der Waals surface area contributed by atoms with Crippen molar-refractivity contribution in [2.75, 3.05) is 5.73 Å². The van der Waals surface area contributed by atoms with Crippen molar-refractivity contribution in [1.29, 1.82) is 0 Å². The van der Waals surface area contributed by atoms with Crippen molar-refractivity contribution in [1.82, 2.24) is 9.55 Å². The number of para-hydroxylation sites is 1. The van der Waals surface area contributed by atoms with E-state index in [4.69, 9.17) is 5.73 Å². The Labute approximate surface area is 96.0 Å². The van der Waals surface area contributed by atoms with Crippen LogP contribution in [0.3, 0.4) is 0 Å². The molecule has 0 atom stereocenters. The molecule has 0 aliphatic carbocycles. The van der Waals surface area contributed by atoms with Gasteiger partial charge in [0.2, 0.25) is 5.82 Å². The molecule has 1 aromatic carbocycles. The first-order valence-corrected chi connectivity index (χ1v) is 5.27. The van der Waals surface area contributed by atoms with Gasteiger partial charge in [-0.25, -0.2) is 4.98 Å². The summed E-state index contributed by atoms with van der Waals surface area (Å²) in [6.45, 7) is 2.09. The third kappa shape index (κ3) is 1.94. The summed E-state index contributed by atoms with van der Waals surface area (Å²) in [4.78, 5) is 3.62. The van der Waals surface area contributed by atoms with Crippen molar-refractivity contribution in [3.63, 3.8) is 0 Å². The lowest BCUT2D eigenvalue weighted by atomic mass is 10.2. The van der Waals surface area contributed by atoms with E-state index in [1.165, 1.54) is 4.57 Å². The minimum Gasteiger partial charge on any atom is -0.397 e. The van der Waals surface area contributed by atoms with Crippen LogP contribution in [-0.4, -0.2) is 9.55 Å². The van der Waals surface area contributed by atoms with Crippen LogP contribution in [0.25, 0.3) is 11.0 Å². The molecular formula is C11H12F3N3. The molecule has 1 aromatic heterocycles. The molecule has 0 unspecified atom stereocenters. The first-order chi connectivity index (χ1) is 7.95. The van der Waals surface area contributed by atoms with E-state index in [0.717, 1.165) is 0 Å². The van der Waals surface area contributed by atoms with Gasteiger partial charge in [-0.3, -0.25) is 0 Å². The molecular weight excluding hydrogens is 231 g/mol. The summed E-state index contributed by atoms with van der Waals surface area (Å²) in [5.74, 6) is -0.882. The molecule has 17 heavy (non-hydrogen) atoms. The Balaban J connectivity index is 2.75. The monoisotopic (exact) mass is 243 g/mol. The van der Waals surface area contributed by atoms with Gasteiger partial charge in [-0.15, -0.1) is 0 Å². The number of hydrogen-bond acceptors (Lipinski definition) is 2. The first-order valence-electron chi connectivity index (χ1n) is 5.27. The molecule has 0 aliphatic heterocycles. The standard InChI is InChI=1S/C11H12F3N3/c1-2-6-17-8-5-3-4-7(15)9(8)16-10(17)11(12,13)14/h3-5H,2,6,15H2,1H3. The van der Waals surface area contributed by atoms with Crippen LogP contribution in [0.2, 0.25) is 0 Å². The predicted octanol–water partition coefficient (Wildman–Crippen LogP) is 3.05. The molecule has 6 heteroatoms. The fourth-order valence-corrected chi connectivity index (χ4v) is 1.84. The summed E-state index contributed by atoms with van der Waals surface area (Å²) in [6.07, 6.45) is -3.86. The van der Waals surface area contributed by atoms with Gasteiger partial charge < -0.3 is 10.3 Å². The lowest BCUT2D eigenvalue weighted by molar-refractivity contribution is -0.146. The Kier molecular flexibility index (Phi) is 2.73. The lowest BCUT2D eigenvalue weighted by Gasteiger charge is -2.09. The van der Waals surface area contributed by atoms with Gasteiger partial charge in [-0.1, -0.05) is 13.0 Å². The number of benzene rings is 1. The van der Waals surface area contributed by atoms with E-state index in [0.29, 0.717) is 11.9 Å². The van der Waals surface area contributed by atoms with Gasteiger partial charge in [-0.2, -0.15) is 13.2 Å². The predicted molar refractivity (Wildman–Crippen MR) is 59.4 cm³/mol. The van der Waals surface area contributed by atoms with Crippen molar-refractivity contribution in [2.45, 2.75) is 26.1 Å². The number of anilines is 1. The summed E-state index contributed by atoms with van der Waals surface area (Å²) < 4.78 is 39.6. The van der Waals surface area contributed by atoms with Crippen LogP contribution in [0.4, 0.5) is 18.9 Å². The summed E-state index contributed by atoms with van der Waals surface area (Å²) >= 11 is 0. The molecule has 3 nitrogen and oxygen atoms in total. The molecule has 0 aliphatic rings. The third-order valence-electron chi connectivity index (χ3n) is 2.51. The maximum atomic E-state index is 12.8. The zero-order valence-corrected chi connectivity index (χ0v) is 9.25. The minimum absolute atomic E-state index is 0.216. The zero-order chi connectivity index (χ0) is 12.6. The van der Waals surface area contributed by atoms with Crippen LogP contribution < -0.4 is 5.73 Å². The van der Waals surface area contributed by atoms with Gasteiger partial charge in [-0.05, 0) is 18.6 Å². The Bertz CT molecular complexity index is 543. The summed E-state index contributed by atoms with van der Waals surface area (Å²) in [6, 6.07) is 4.78. The van der Waals surface area contributed by atoms with E-state index in [1.54, 1.807) is 18.2 Å². The van der Waals surface area contributed by atoms with E-state index >= 15 is 0 Å². The highest BCUT2D eigenvalue weighted by atomic mass is 19.4. The SMILES string of the molecule is CCCn1c(C(F)(F)F)nc2c(N)cccc21. The topological polar surface area (TPSA) is 43.8 Å². The molecule has 0 fully saturated rings. The summed E-state index contributed by atoms with van der Waals surface area (Å²) in [7, 11) is 0. The molecule has 92 valence electrons. The molecule has 0 spiro atoms. The molecule has 1 heterocycles. The molecule has 0 radical (unpaired) electrons. The molecule has 0 saturated carbocycles. The van der Waals surface area contributed by atoms with E-state index in [-0.39, 0.29) is 17.7 Å². The number of alkyl halides is 3. The normalized spacial score (nSPS) is 12.2. The smallest absolute Gasteiger partial charge is 0.397 e. The molecule has 2 aromatic rings. The number of nitrogen functional groups attached to an aromatic ring is 1. The van der Waals surface area contributed by atoms with Gasteiger partial charge in [0.15, 0.2) is 0 Å². The number of nitrogens with zero attached hydrogens (tertiary/aromatic N) is 2. The number of nitrogens with two attached hydrogens (primary N) is 1. The zero-order valence-electron chi connectivity index (χ0n) is 9.25. The quantitative estimate of drug-likeness (QED) is 0.824. The second-order valence-electron chi connectivity index (χ2n) is 3.80. The maximum Gasteiger partial charge on any atom is 0.449 e. The van der Waals surface area contributed by atoms with Crippen molar-refractivity contribution in [2.24, 2.45) is 0 Å². The Hall–Kier alpha value is -1.72. The second-order valence-corrected chi connectivity index (χ2v) is 3.80.